The lowest BCUT2D eigenvalue weighted by molar-refractivity contribution is -0.170. The van der Waals surface area contributed by atoms with Gasteiger partial charge in [0.2, 0.25) is 0 Å². The molecular weight excluding hydrogens is 398 g/mol. The minimum absolute atomic E-state index is 0.168. The number of nitrogens with two attached hydrogens (primary N) is 1. The molecule has 0 fully saturated rings. The van der Waals surface area contributed by atoms with Crippen molar-refractivity contribution in [2.45, 2.75) is 45.6 Å². The number of hydrogen-bond acceptors (Lipinski definition) is 6. The second-order valence-electron chi connectivity index (χ2n) is 7.17. The molecule has 0 bridgehead atoms. The molecule has 0 aliphatic carbocycles. The molecule has 0 saturated carbocycles. The molecule has 6 heteroatoms. The molecule has 0 spiro atoms. The van der Waals surface area contributed by atoms with E-state index in [0.29, 0.717) is 6.42 Å². The average Bonchev–Trinajstić information content (AvgIpc) is 3.20. The molecule has 2 rings (SSSR count). The fourth-order valence-corrected chi connectivity index (χ4v) is 3.92. The maximum absolute atomic E-state index is 12.4. The van der Waals surface area contributed by atoms with E-state index in [1.165, 1.54) is 30.9 Å². The summed E-state index contributed by atoms with van der Waals surface area (Å²) < 4.78 is 9.88. The summed E-state index contributed by atoms with van der Waals surface area (Å²) in [6.07, 6.45) is 3.20. The number of carbonyl (C=O) groups is 2. The summed E-state index contributed by atoms with van der Waals surface area (Å²) >= 11 is 1.51. The van der Waals surface area contributed by atoms with Crippen molar-refractivity contribution in [2.75, 3.05) is 13.7 Å². The second-order valence-corrected chi connectivity index (χ2v) is 8.16. The van der Waals surface area contributed by atoms with Crippen LogP contribution in [0.15, 0.2) is 41.8 Å². The number of benzene rings is 1. The lowest BCUT2D eigenvalue weighted by Gasteiger charge is -2.30. The van der Waals surface area contributed by atoms with Gasteiger partial charge < -0.3 is 15.2 Å². The van der Waals surface area contributed by atoms with E-state index < -0.39 is 23.4 Å². The molecule has 0 amide bonds. The molecule has 0 saturated heterocycles. The zero-order chi connectivity index (χ0) is 22.0. The van der Waals surface area contributed by atoms with Gasteiger partial charge in [-0.25, -0.2) is 0 Å². The Morgan fingerprint density at radius 2 is 1.97 bits per heavy atom. The fourth-order valence-electron chi connectivity index (χ4n) is 3.04. The van der Waals surface area contributed by atoms with Crippen molar-refractivity contribution in [3.05, 3.63) is 57.8 Å². The number of methoxy groups -OCH3 is 1. The Balaban J connectivity index is 1.95. The third-order valence-corrected chi connectivity index (χ3v) is 5.93. The molecule has 2 aromatic rings. The van der Waals surface area contributed by atoms with Crippen LogP contribution in [-0.4, -0.2) is 31.7 Å². The van der Waals surface area contributed by atoms with E-state index in [2.05, 4.69) is 24.0 Å². The Bertz CT molecular complexity index is 897. The third-order valence-electron chi connectivity index (χ3n) is 4.97. The first-order valence-corrected chi connectivity index (χ1v) is 10.9. The van der Waals surface area contributed by atoms with Crippen LogP contribution >= 0.6 is 11.3 Å². The van der Waals surface area contributed by atoms with Gasteiger partial charge in [-0.3, -0.25) is 9.59 Å². The Morgan fingerprint density at radius 3 is 2.63 bits per heavy atom. The van der Waals surface area contributed by atoms with Gasteiger partial charge in [-0.05, 0) is 44.7 Å². The maximum Gasteiger partial charge on any atom is 0.324 e. The van der Waals surface area contributed by atoms with E-state index in [4.69, 9.17) is 15.2 Å². The molecule has 30 heavy (non-hydrogen) atoms. The minimum Gasteiger partial charge on any atom is -0.468 e. The van der Waals surface area contributed by atoms with E-state index in [1.807, 2.05) is 29.6 Å². The van der Waals surface area contributed by atoms with Crippen LogP contribution in [0.25, 0.3) is 0 Å². The van der Waals surface area contributed by atoms with Crippen LogP contribution in [-0.2, 0) is 31.9 Å². The smallest absolute Gasteiger partial charge is 0.324 e. The second kappa shape index (κ2) is 11.5. The quantitative estimate of drug-likeness (QED) is 0.285. The maximum atomic E-state index is 12.4. The van der Waals surface area contributed by atoms with Crippen LogP contribution in [0.1, 0.15) is 42.7 Å². The van der Waals surface area contributed by atoms with Crippen LogP contribution in [0.4, 0.5) is 0 Å². The molecule has 0 aliphatic rings. The van der Waals surface area contributed by atoms with Gasteiger partial charge in [-0.2, -0.15) is 0 Å². The van der Waals surface area contributed by atoms with Gasteiger partial charge in [0.05, 0.1) is 13.7 Å². The van der Waals surface area contributed by atoms with E-state index >= 15 is 0 Å². The number of thiophene rings is 1. The number of unbranched alkanes of at least 4 members (excludes halogenated alkanes) is 1. The van der Waals surface area contributed by atoms with Crippen molar-refractivity contribution in [1.29, 1.82) is 0 Å². The van der Waals surface area contributed by atoms with Crippen molar-refractivity contribution in [2.24, 2.45) is 11.1 Å². The topological polar surface area (TPSA) is 78.6 Å². The molecular formula is C24H29NO4S. The van der Waals surface area contributed by atoms with E-state index in [0.717, 1.165) is 29.7 Å². The summed E-state index contributed by atoms with van der Waals surface area (Å²) in [5.41, 5.74) is 6.94. The highest BCUT2D eigenvalue weighted by atomic mass is 32.1. The Labute approximate surface area is 182 Å². The van der Waals surface area contributed by atoms with Crippen molar-refractivity contribution >= 4 is 23.3 Å². The molecule has 0 radical (unpaired) electrons. The number of aryl methyl sites for hydroxylation is 1. The molecule has 5 nitrogen and oxygen atoms in total. The first-order chi connectivity index (χ1) is 14.4. The van der Waals surface area contributed by atoms with Crippen LogP contribution in [0.5, 0.6) is 0 Å². The van der Waals surface area contributed by atoms with E-state index in [9.17, 15) is 9.59 Å². The zero-order valence-corrected chi connectivity index (χ0v) is 18.6. The van der Waals surface area contributed by atoms with Gasteiger partial charge >= 0.3 is 11.9 Å². The summed E-state index contributed by atoms with van der Waals surface area (Å²) in [6, 6.07) is 11.5. The van der Waals surface area contributed by atoms with Crippen molar-refractivity contribution in [1.82, 2.24) is 0 Å². The summed E-state index contributed by atoms with van der Waals surface area (Å²) in [4.78, 5) is 25.6. The molecule has 160 valence electrons. The lowest BCUT2D eigenvalue weighted by Crippen LogP contribution is -2.53. The number of carbonyl (C=O) groups excluding carboxylic acids is 2. The highest BCUT2D eigenvalue weighted by Crippen LogP contribution is 2.28. The summed E-state index contributed by atoms with van der Waals surface area (Å²) in [7, 11) is 1.24. The van der Waals surface area contributed by atoms with Gasteiger partial charge in [0.25, 0.3) is 0 Å². The standard InChI is InChI=1S/C24H29NO4S/c1-4-29-23(27)24(2,22(26)28-3)21(25)16-20-15-19(17-30-20)14-10-6-9-13-18-11-7-5-8-12-18/h5,7-8,11-12,15,17,21H,4,6,9,13,16,25H2,1-3H3. The molecule has 1 aromatic heterocycles. The van der Waals surface area contributed by atoms with Crippen LogP contribution in [0, 0.1) is 17.3 Å². The number of ether oxygens (including phenoxy) is 2. The minimum atomic E-state index is -1.56. The van der Waals surface area contributed by atoms with Gasteiger partial charge in [-0.1, -0.05) is 42.2 Å². The summed E-state index contributed by atoms with van der Waals surface area (Å²) in [6.45, 7) is 3.33. The fraction of sp³-hybridized carbons (Fsp3) is 0.417. The Kier molecular flexibility index (Phi) is 9.10. The molecule has 2 N–H and O–H groups in total. The highest BCUT2D eigenvalue weighted by Gasteiger charge is 2.49. The number of rotatable bonds is 9. The molecule has 1 aromatic carbocycles. The zero-order valence-electron chi connectivity index (χ0n) is 17.8. The van der Waals surface area contributed by atoms with Gasteiger partial charge in [0, 0.05) is 28.3 Å². The Hall–Kier alpha value is -2.62. The third kappa shape index (κ3) is 6.19. The first-order valence-electron chi connectivity index (χ1n) is 10.0. The first kappa shape index (κ1) is 23.7. The van der Waals surface area contributed by atoms with Crippen molar-refractivity contribution < 1.29 is 19.1 Å². The lowest BCUT2D eigenvalue weighted by atomic mass is 9.80. The van der Waals surface area contributed by atoms with E-state index in [1.54, 1.807) is 6.92 Å². The monoisotopic (exact) mass is 427 g/mol. The van der Waals surface area contributed by atoms with Gasteiger partial charge in [-0.15, -0.1) is 11.3 Å². The van der Waals surface area contributed by atoms with Crippen molar-refractivity contribution in [3.63, 3.8) is 0 Å². The predicted octanol–water partition coefficient (Wildman–Crippen LogP) is 3.73. The van der Waals surface area contributed by atoms with Gasteiger partial charge in [0.1, 0.15) is 0 Å². The molecule has 0 aliphatic heterocycles. The van der Waals surface area contributed by atoms with E-state index in [-0.39, 0.29) is 6.61 Å². The van der Waals surface area contributed by atoms with Crippen LogP contribution in [0.3, 0.4) is 0 Å². The largest absolute Gasteiger partial charge is 0.468 e. The average molecular weight is 428 g/mol. The molecule has 2 atom stereocenters. The van der Waals surface area contributed by atoms with Crippen LogP contribution in [0.2, 0.25) is 0 Å². The van der Waals surface area contributed by atoms with Crippen LogP contribution < -0.4 is 5.73 Å². The summed E-state index contributed by atoms with van der Waals surface area (Å²) in [5.74, 6) is 5.03. The normalized spacial score (nSPS) is 13.5. The molecule has 2 unspecified atom stereocenters. The van der Waals surface area contributed by atoms with Crippen molar-refractivity contribution in [3.8, 4) is 11.8 Å². The Morgan fingerprint density at radius 1 is 1.23 bits per heavy atom. The predicted molar refractivity (Wildman–Crippen MR) is 119 cm³/mol. The highest BCUT2D eigenvalue weighted by molar-refractivity contribution is 7.10. The molecule has 1 heterocycles. The number of hydrogen-bond donors (Lipinski definition) is 1. The number of esters is 2. The van der Waals surface area contributed by atoms with Gasteiger partial charge in [0.15, 0.2) is 5.41 Å². The SMILES string of the molecule is CCOC(=O)C(C)(C(=O)OC)C(N)Cc1cc(C#CCCCc2ccccc2)cs1. The summed E-state index contributed by atoms with van der Waals surface area (Å²) in [5, 5.41) is 1.96.